The van der Waals surface area contributed by atoms with Crippen molar-refractivity contribution in [3.63, 3.8) is 0 Å². The number of Topliss-reactive ketones (excluding diaryl/α,β-unsaturated/α-hetero) is 1. The maximum atomic E-state index is 12.6. The number of hydrogen-bond donors (Lipinski definition) is 2. The molecule has 0 aliphatic carbocycles. The smallest absolute Gasteiger partial charge is 0.338 e. The third-order valence-corrected chi connectivity index (χ3v) is 3.93. The zero-order chi connectivity index (χ0) is 18.7. The number of anilines is 1. The molecule has 26 heavy (non-hydrogen) atoms. The fourth-order valence-corrected chi connectivity index (χ4v) is 2.70. The van der Waals surface area contributed by atoms with E-state index in [-0.39, 0.29) is 17.3 Å². The summed E-state index contributed by atoms with van der Waals surface area (Å²) in [6.07, 6.45) is 0.681. The van der Waals surface area contributed by atoms with Crippen LogP contribution in [0.1, 0.15) is 34.6 Å². The predicted molar refractivity (Wildman–Crippen MR) is 98.3 cm³/mol. The topological polar surface area (TPSA) is 88.3 Å². The quantitative estimate of drug-likeness (QED) is 0.544. The molecule has 6 heteroatoms. The van der Waals surface area contributed by atoms with Crippen molar-refractivity contribution >= 4 is 34.3 Å². The van der Waals surface area contributed by atoms with Crippen LogP contribution in [0, 0.1) is 0 Å². The molecule has 0 spiro atoms. The first kappa shape index (κ1) is 17.4. The molecule has 0 fully saturated rings. The zero-order valence-corrected chi connectivity index (χ0v) is 14.4. The summed E-state index contributed by atoms with van der Waals surface area (Å²) >= 11 is 0. The molecule has 6 nitrogen and oxygen atoms in total. The summed E-state index contributed by atoms with van der Waals surface area (Å²) in [5.41, 5.74) is 2.07. The molecular weight excluding hydrogens is 332 g/mol. The van der Waals surface area contributed by atoms with Gasteiger partial charge in [-0.05, 0) is 31.2 Å². The highest BCUT2D eigenvalue weighted by Gasteiger charge is 2.23. The van der Waals surface area contributed by atoms with E-state index in [1.807, 2.05) is 24.3 Å². The Labute approximate surface area is 150 Å². The molecule has 0 aliphatic heterocycles. The van der Waals surface area contributed by atoms with Gasteiger partial charge in [0.25, 0.3) is 0 Å². The summed E-state index contributed by atoms with van der Waals surface area (Å²) in [7, 11) is 0. The Bertz CT molecular complexity index is 990. The minimum Gasteiger partial charge on any atom is -0.451 e. The monoisotopic (exact) mass is 350 g/mol. The van der Waals surface area contributed by atoms with Gasteiger partial charge in [0, 0.05) is 35.3 Å². The molecule has 0 unspecified atom stereocenters. The summed E-state index contributed by atoms with van der Waals surface area (Å²) in [6.45, 7) is 2.92. The maximum Gasteiger partial charge on any atom is 0.338 e. The first-order chi connectivity index (χ1) is 12.5. The van der Waals surface area contributed by atoms with Crippen LogP contribution in [-0.4, -0.2) is 28.7 Å². The molecular formula is C20H18N2O4. The minimum atomic E-state index is -0.939. The Morgan fingerprint density at radius 3 is 2.62 bits per heavy atom. The van der Waals surface area contributed by atoms with E-state index in [1.165, 1.54) is 13.0 Å². The van der Waals surface area contributed by atoms with Crippen molar-refractivity contribution in [2.75, 3.05) is 5.32 Å². The molecule has 2 N–H and O–H groups in total. The van der Waals surface area contributed by atoms with Gasteiger partial charge in [-0.3, -0.25) is 9.59 Å². The van der Waals surface area contributed by atoms with Crippen molar-refractivity contribution in [1.82, 2.24) is 4.98 Å². The van der Waals surface area contributed by atoms with Crippen LogP contribution in [0.3, 0.4) is 0 Å². The number of ether oxygens (including phenoxy) is 1. The number of carbonyl (C=O) groups is 3. The number of amides is 1. The summed E-state index contributed by atoms with van der Waals surface area (Å²) in [4.78, 5) is 39.1. The van der Waals surface area contributed by atoms with Crippen LogP contribution in [0.25, 0.3) is 10.9 Å². The number of H-pyrrole nitrogens is 1. The number of rotatable bonds is 5. The highest BCUT2D eigenvalue weighted by atomic mass is 16.5. The number of aromatic amines is 1. The fourth-order valence-electron chi connectivity index (χ4n) is 2.70. The number of ketones is 1. The molecule has 0 bridgehead atoms. The number of para-hydroxylation sites is 1. The fraction of sp³-hybridized carbons (Fsp3) is 0.150. The van der Waals surface area contributed by atoms with E-state index < -0.39 is 12.1 Å². The number of carbonyl (C=O) groups excluding carboxylic acids is 3. The van der Waals surface area contributed by atoms with Crippen LogP contribution in [0.15, 0.2) is 54.7 Å². The van der Waals surface area contributed by atoms with E-state index in [9.17, 15) is 14.4 Å². The molecule has 0 radical (unpaired) electrons. The highest BCUT2D eigenvalue weighted by molar-refractivity contribution is 6.10. The second kappa shape index (κ2) is 7.23. The van der Waals surface area contributed by atoms with E-state index in [4.69, 9.17) is 4.74 Å². The SMILES string of the molecule is CC(=O)Nc1cccc(C(=O)O[C@@H](C)C(=O)c2c[nH]c3ccccc23)c1. The second-order valence-electron chi connectivity index (χ2n) is 5.92. The molecule has 0 aliphatic rings. The lowest BCUT2D eigenvalue weighted by atomic mass is 10.1. The molecule has 0 saturated heterocycles. The van der Waals surface area contributed by atoms with Gasteiger partial charge in [0.15, 0.2) is 6.10 Å². The third kappa shape index (κ3) is 3.64. The number of hydrogen-bond acceptors (Lipinski definition) is 4. The lowest BCUT2D eigenvalue weighted by Crippen LogP contribution is -2.24. The summed E-state index contributed by atoms with van der Waals surface area (Å²) < 4.78 is 5.32. The molecule has 1 aromatic heterocycles. The molecule has 2 aromatic carbocycles. The van der Waals surface area contributed by atoms with Crippen LogP contribution < -0.4 is 5.32 Å². The van der Waals surface area contributed by atoms with E-state index in [2.05, 4.69) is 10.3 Å². The van der Waals surface area contributed by atoms with E-state index in [0.29, 0.717) is 11.3 Å². The van der Waals surface area contributed by atoms with Gasteiger partial charge in [-0.15, -0.1) is 0 Å². The zero-order valence-electron chi connectivity index (χ0n) is 14.4. The lowest BCUT2D eigenvalue weighted by Gasteiger charge is -2.12. The van der Waals surface area contributed by atoms with Gasteiger partial charge in [0.1, 0.15) is 0 Å². The van der Waals surface area contributed by atoms with Gasteiger partial charge in [0.05, 0.1) is 5.56 Å². The second-order valence-corrected chi connectivity index (χ2v) is 5.92. The number of esters is 1. The van der Waals surface area contributed by atoms with Gasteiger partial charge in [-0.25, -0.2) is 4.79 Å². The summed E-state index contributed by atoms with van der Waals surface area (Å²) in [5, 5.41) is 3.39. The first-order valence-electron chi connectivity index (χ1n) is 8.14. The Balaban J connectivity index is 1.75. The first-order valence-corrected chi connectivity index (χ1v) is 8.14. The number of aromatic nitrogens is 1. The van der Waals surface area contributed by atoms with Crippen LogP contribution in [0.4, 0.5) is 5.69 Å². The normalized spacial score (nSPS) is 11.8. The molecule has 0 saturated carbocycles. The van der Waals surface area contributed by atoms with Gasteiger partial charge in [-0.2, -0.15) is 0 Å². The molecule has 132 valence electrons. The van der Waals surface area contributed by atoms with Crippen LogP contribution in [0.5, 0.6) is 0 Å². The average Bonchev–Trinajstić information content (AvgIpc) is 3.04. The van der Waals surface area contributed by atoms with Gasteiger partial charge in [-0.1, -0.05) is 24.3 Å². The van der Waals surface area contributed by atoms with Crippen molar-refractivity contribution in [3.05, 3.63) is 65.9 Å². The van der Waals surface area contributed by atoms with Crippen molar-refractivity contribution in [2.24, 2.45) is 0 Å². The van der Waals surface area contributed by atoms with Gasteiger partial charge < -0.3 is 15.0 Å². The number of nitrogens with one attached hydrogen (secondary N) is 2. The largest absolute Gasteiger partial charge is 0.451 e. The molecule has 3 rings (SSSR count). The number of benzene rings is 2. The Hall–Kier alpha value is -3.41. The molecule has 1 amide bonds. The molecule has 3 aromatic rings. The van der Waals surface area contributed by atoms with Crippen LogP contribution in [-0.2, 0) is 9.53 Å². The van der Waals surface area contributed by atoms with Crippen LogP contribution >= 0.6 is 0 Å². The minimum absolute atomic E-state index is 0.238. The highest BCUT2D eigenvalue weighted by Crippen LogP contribution is 2.20. The molecule has 1 atom stereocenters. The van der Waals surface area contributed by atoms with E-state index in [1.54, 1.807) is 31.3 Å². The predicted octanol–water partition coefficient (Wildman–Crippen LogP) is 3.55. The van der Waals surface area contributed by atoms with E-state index in [0.717, 1.165) is 10.9 Å². The summed E-state index contributed by atoms with van der Waals surface area (Å²) in [5.74, 6) is -1.15. The molecule has 1 heterocycles. The Morgan fingerprint density at radius 1 is 1.08 bits per heavy atom. The van der Waals surface area contributed by atoms with Crippen molar-refractivity contribution < 1.29 is 19.1 Å². The Morgan fingerprint density at radius 2 is 1.85 bits per heavy atom. The number of fused-ring (bicyclic) bond motifs is 1. The lowest BCUT2D eigenvalue weighted by molar-refractivity contribution is -0.114. The maximum absolute atomic E-state index is 12.6. The van der Waals surface area contributed by atoms with Crippen LogP contribution in [0.2, 0.25) is 0 Å². The van der Waals surface area contributed by atoms with Crippen molar-refractivity contribution in [1.29, 1.82) is 0 Å². The third-order valence-electron chi connectivity index (χ3n) is 3.93. The Kier molecular flexibility index (Phi) is 4.84. The summed E-state index contributed by atoms with van der Waals surface area (Å²) in [6, 6.07) is 13.8. The van der Waals surface area contributed by atoms with Crippen molar-refractivity contribution in [3.8, 4) is 0 Å². The van der Waals surface area contributed by atoms with Gasteiger partial charge in [0.2, 0.25) is 11.7 Å². The van der Waals surface area contributed by atoms with E-state index >= 15 is 0 Å². The average molecular weight is 350 g/mol. The van der Waals surface area contributed by atoms with Gasteiger partial charge >= 0.3 is 5.97 Å². The standard InChI is InChI=1S/C20H18N2O4/c1-12(19(24)17-11-21-18-9-4-3-8-16(17)18)26-20(25)14-6-5-7-15(10-14)22-13(2)23/h3-12,21H,1-2H3,(H,22,23)/t12-/m0/s1. The van der Waals surface area contributed by atoms with Crippen molar-refractivity contribution in [2.45, 2.75) is 20.0 Å².